The Bertz CT molecular complexity index is 989. The zero-order valence-electron chi connectivity index (χ0n) is 16.0. The summed E-state index contributed by atoms with van der Waals surface area (Å²) < 4.78 is 27.1. The maximum absolute atomic E-state index is 12.9. The molecule has 1 fully saturated rings. The lowest BCUT2D eigenvalue weighted by atomic mass is 9.97. The number of benzene rings is 1. The summed E-state index contributed by atoms with van der Waals surface area (Å²) >= 11 is 0. The first kappa shape index (κ1) is 20.3. The molecule has 0 bridgehead atoms. The van der Waals surface area contributed by atoms with Crippen LogP contribution in [-0.4, -0.2) is 36.7 Å². The molecule has 1 aliphatic rings. The number of rotatable bonds is 5. The molecule has 150 valence electrons. The number of pyridine rings is 1. The Hall–Kier alpha value is -2.45. The first-order valence-corrected chi connectivity index (χ1v) is 10.8. The highest BCUT2D eigenvalue weighted by Crippen LogP contribution is 2.25. The molecule has 1 aromatic carbocycles. The number of aromatic amines is 1. The smallest absolute Gasteiger partial charge is 0.243 e. The maximum Gasteiger partial charge on any atom is 0.243 e. The Labute approximate surface area is 164 Å². The molecule has 0 saturated carbocycles. The van der Waals surface area contributed by atoms with Crippen molar-refractivity contribution in [1.29, 1.82) is 0 Å². The maximum atomic E-state index is 12.9. The lowest BCUT2D eigenvalue weighted by Crippen LogP contribution is -2.41. The van der Waals surface area contributed by atoms with Crippen LogP contribution in [0.5, 0.6) is 0 Å². The van der Waals surface area contributed by atoms with E-state index in [1.165, 1.54) is 22.8 Å². The monoisotopic (exact) mass is 403 g/mol. The fourth-order valence-corrected chi connectivity index (χ4v) is 4.75. The molecule has 0 spiro atoms. The Balaban J connectivity index is 1.63. The highest BCUT2D eigenvalue weighted by Gasteiger charge is 2.32. The van der Waals surface area contributed by atoms with Gasteiger partial charge in [0.15, 0.2) is 0 Å². The molecular formula is C20H25N3O4S. The van der Waals surface area contributed by atoms with Crippen molar-refractivity contribution < 1.29 is 13.2 Å². The number of piperidine rings is 1. The van der Waals surface area contributed by atoms with Crippen molar-refractivity contribution in [2.24, 2.45) is 5.92 Å². The van der Waals surface area contributed by atoms with E-state index in [0.29, 0.717) is 18.8 Å². The van der Waals surface area contributed by atoms with Gasteiger partial charge in [-0.1, -0.05) is 26.0 Å². The van der Waals surface area contributed by atoms with Crippen LogP contribution in [0.4, 0.5) is 5.69 Å². The summed E-state index contributed by atoms with van der Waals surface area (Å²) in [7, 11) is -3.57. The average Bonchev–Trinajstić information content (AvgIpc) is 2.70. The van der Waals surface area contributed by atoms with Crippen LogP contribution in [0.25, 0.3) is 0 Å². The number of amides is 1. The zero-order valence-corrected chi connectivity index (χ0v) is 16.8. The fourth-order valence-electron chi connectivity index (χ4n) is 3.28. The molecule has 0 atom stereocenters. The van der Waals surface area contributed by atoms with Crippen molar-refractivity contribution >= 4 is 21.6 Å². The van der Waals surface area contributed by atoms with Gasteiger partial charge in [0, 0.05) is 37.5 Å². The normalized spacial score (nSPS) is 16.2. The summed E-state index contributed by atoms with van der Waals surface area (Å²) in [6.07, 6.45) is 3.77. The molecule has 0 unspecified atom stereocenters. The summed E-state index contributed by atoms with van der Waals surface area (Å²) in [4.78, 5) is 27.2. The molecule has 1 amide bonds. The van der Waals surface area contributed by atoms with Gasteiger partial charge in [-0.15, -0.1) is 0 Å². The largest absolute Gasteiger partial charge is 0.366 e. The second kappa shape index (κ2) is 8.28. The van der Waals surface area contributed by atoms with E-state index in [9.17, 15) is 18.0 Å². The van der Waals surface area contributed by atoms with Crippen LogP contribution in [0.15, 0.2) is 52.4 Å². The van der Waals surface area contributed by atoms with Gasteiger partial charge in [-0.25, -0.2) is 8.42 Å². The van der Waals surface area contributed by atoms with Gasteiger partial charge in [0.1, 0.15) is 5.69 Å². The van der Waals surface area contributed by atoms with Crippen LogP contribution in [0.2, 0.25) is 0 Å². The molecule has 2 heterocycles. The molecule has 1 aliphatic heterocycles. The summed E-state index contributed by atoms with van der Waals surface area (Å²) in [5, 5.41) is 2.63. The van der Waals surface area contributed by atoms with E-state index in [0.717, 1.165) is 5.56 Å². The number of carbonyl (C=O) groups excluding carboxylic acids is 1. The molecule has 1 aromatic heterocycles. The lowest BCUT2D eigenvalue weighted by molar-refractivity contribution is -0.120. The van der Waals surface area contributed by atoms with E-state index >= 15 is 0 Å². The highest BCUT2D eigenvalue weighted by atomic mass is 32.2. The minimum atomic E-state index is -3.57. The number of anilines is 1. The van der Waals surface area contributed by atoms with E-state index in [1.54, 1.807) is 12.1 Å². The van der Waals surface area contributed by atoms with Gasteiger partial charge in [-0.05, 0) is 36.5 Å². The highest BCUT2D eigenvalue weighted by molar-refractivity contribution is 7.89. The molecule has 7 nitrogen and oxygen atoms in total. The molecule has 1 saturated heterocycles. The molecule has 2 N–H and O–H groups in total. The number of nitrogens with zero attached hydrogens (tertiary/aromatic N) is 1. The summed E-state index contributed by atoms with van der Waals surface area (Å²) in [5.41, 5.74) is 1.02. The third kappa shape index (κ3) is 4.34. The number of hydrogen-bond acceptors (Lipinski definition) is 4. The van der Waals surface area contributed by atoms with E-state index in [-0.39, 0.29) is 40.9 Å². The third-order valence-corrected chi connectivity index (χ3v) is 7.00. The van der Waals surface area contributed by atoms with Crippen LogP contribution >= 0.6 is 0 Å². The van der Waals surface area contributed by atoms with E-state index < -0.39 is 10.0 Å². The lowest BCUT2D eigenvalue weighted by Gasteiger charge is -2.30. The predicted octanol–water partition coefficient (Wildman–Crippen LogP) is 2.54. The van der Waals surface area contributed by atoms with Gasteiger partial charge in [-0.2, -0.15) is 4.31 Å². The van der Waals surface area contributed by atoms with Gasteiger partial charge < -0.3 is 10.3 Å². The number of nitrogens with one attached hydrogen (secondary N) is 2. The van der Waals surface area contributed by atoms with Crippen LogP contribution in [0, 0.1) is 5.92 Å². The Morgan fingerprint density at radius 3 is 2.36 bits per heavy atom. The number of carbonyl (C=O) groups is 1. The topological polar surface area (TPSA) is 99.3 Å². The van der Waals surface area contributed by atoms with Gasteiger partial charge in [-0.3, -0.25) is 9.59 Å². The Kier molecular flexibility index (Phi) is 6.00. The predicted molar refractivity (Wildman–Crippen MR) is 108 cm³/mol. The number of sulfonamides is 1. The minimum Gasteiger partial charge on any atom is -0.366 e. The third-order valence-electron chi connectivity index (χ3n) is 5.09. The van der Waals surface area contributed by atoms with Gasteiger partial charge in [0.25, 0.3) is 0 Å². The van der Waals surface area contributed by atoms with Crippen LogP contribution < -0.4 is 10.7 Å². The zero-order chi connectivity index (χ0) is 20.3. The Morgan fingerprint density at radius 2 is 1.79 bits per heavy atom. The van der Waals surface area contributed by atoms with Crippen LogP contribution in [0.1, 0.15) is 38.2 Å². The minimum absolute atomic E-state index is 0.202. The summed E-state index contributed by atoms with van der Waals surface area (Å²) in [6.45, 7) is 4.67. The SMILES string of the molecule is CC(C)c1ccc(S(=O)(=O)N2CCC(C(=O)Nc3c[nH]ccc3=O)CC2)cc1. The van der Waals surface area contributed by atoms with Crippen molar-refractivity contribution in [2.75, 3.05) is 18.4 Å². The molecule has 3 rings (SSSR count). The number of H-pyrrole nitrogens is 1. The standard InChI is InChI=1S/C20H25N3O4S/c1-14(2)15-3-5-17(6-4-15)28(26,27)23-11-8-16(9-12-23)20(25)22-18-13-21-10-7-19(18)24/h3-7,10,13-14,16H,8-9,11-12H2,1-2H3,(H,21,24)(H,22,25). The van der Waals surface area contributed by atoms with Crippen LogP contribution in [-0.2, 0) is 14.8 Å². The van der Waals surface area contributed by atoms with E-state index in [4.69, 9.17) is 0 Å². The molecular weight excluding hydrogens is 378 g/mol. The molecule has 2 aromatic rings. The average molecular weight is 404 g/mol. The van der Waals surface area contributed by atoms with Crippen molar-refractivity contribution in [1.82, 2.24) is 9.29 Å². The number of aromatic nitrogens is 1. The van der Waals surface area contributed by atoms with E-state index in [2.05, 4.69) is 24.1 Å². The summed E-state index contributed by atoms with van der Waals surface area (Å²) in [6, 6.07) is 8.32. The Morgan fingerprint density at radius 1 is 1.14 bits per heavy atom. The van der Waals surface area contributed by atoms with Gasteiger partial charge in [0.2, 0.25) is 21.4 Å². The van der Waals surface area contributed by atoms with Crippen molar-refractivity contribution in [3.63, 3.8) is 0 Å². The molecule has 0 aliphatic carbocycles. The van der Waals surface area contributed by atoms with Crippen molar-refractivity contribution in [2.45, 2.75) is 37.5 Å². The second-order valence-corrected chi connectivity index (χ2v) is 9.25. The molecule has 28 heavy (non-hydrogen) atoms. The van der Waals surface area contributed by atoms with Crippen molar-refractivity contribution in [3.8, 4) is 0 Å². The number of hydrogen-bond donors (Lipinski definition) is 2. The van der Waals surface area contributed by atoms with E-state index in [1.807, 2.05) is 12.1 Å². The quantitative estimate of drug-likeness (QED) is 0.801. The van der Waals surface area contributed by atoms with Gasteiger partial charge in [0.05, 0.1) is 4.90 Å². The molecule has 8 heteroatoms. The first-order valence-electron chi connectivity index (χ1n) is 9.37. The molecule has 0 radical (unpaired) electrons. The van der Waals surface area contributed by atoms with Gasteiger partial charge >= 0.3 is 0 Å². The fraction of sp³-hybridized carbons (Fsp3) is 0.400. The van der Waals surface area contributed by atoms with Crippen molar-refractivity contribution in [3.05, 3.63) is 58.5 Å². The first-order chi connectivity index (χ1) is 13.3. The van der Waals surface area contributed by atoms with Crippen LogP contribution in [0.3, 0.4) is 0 Å². The second-order valence-electron chi connectivity index (χ2n) is 7.31. The summed E-state index contributed by atoms with van der Waals surface area (Å²) in [5.74, 6) is -0.243.